The number of benzene rings is 8. The highest BCUT2D eigenvalue weighted by molar-refractivity contribution is 9.10. The van der Waals surface area contributed by atoms with Crippen molar-refractivity contribution in [3.05, 3.63) is 305 Å². The normalized spacial score (nSPS) is 13.8. The number of nitrogens with one attached hydrogen (secondary N) is 5. The second-order valence-corrected chi connectivity index (χ2v) is 42.7. The predicted octanol–water partition coefficient (Wildman–Crippen LogP) is 24.7. The molecule has 0 radical (unpaired) electrons. The number of halogens is 7. The van der Waals surface area contributed by atoms with Gasteiger partial charge in [-0.25, -0.2) is 29.9 Å². The van der Waals surface area contributed by atoms with E-state index in [9.17, 15) is 28.5 Å². The van der Waals surface area contributed by atoms with Crippen LogP contribution < -0.4 is 75.7 Å². The average molecular weight is 2240 g/mol. The maximum Gasteiger partial charge on any atom is 0.488 e. The van der Waals surface area contributed by atoms with Crippen molar-refractivity contribution in [3.63, 3.8) is 0 Å². The number of H-pyrrole nitrogens is 3. The van der Waals surface area contributed by atoms with Gasteiger partial charge < -0.3 is 78.6 Å². The maximum absolute atomic E-state index is 12.2. The van der Waals surface area contributed by atoms with Crippen LogP contribution in [0.2, 0.25) is 5.15 Å². The van der Waals surface area contributed by atoms with Gasteiger partial charge in [0.05, 0.1) is 81.6 Å². The molecule has 780 valence electrons. The van der Waals surface area contributed by atoms with Crippen molar-refractivity contribution < 1.29 is 57.4 Å². The van der Waals surface area contributed by atoms with Crippen LogP contribution in [0.4, 0.5) is 11.4 Å². The van der Waals surface area contributed by atoms with E-state index in [-0.39, 0.29) is 48.3 Å². The molecule has 5 aliphatic rings. The Balaban J connectivity index is 0.000000221. The number of methoxy groups -OCH3 is 7. The zero-order valence-corrected chi connectivity index (χ0v) is 91.6. The first kappa shape index (κ1) is 121. The van der Waals surface area contributed by atoms with Gasteiger partial charge in [-0.3, -0.25) is 28.5 Å². The van der Waals surface area contributed by atoms with Crippen LogP contribution in [0.15, 0.2) is 254 Å². The second kappa shape index (κ2) is 63.2. The highest BCUT2D eigenvalue weighted by Gasteiger charge is 2.31. The molecule has 2 aliphatic heterocycles. The Morgan fingerprint density at radius 1 is 0.445 bits per heavy atom. The molecule has 2 amide bonds. The number of piperidine rings is 2. The van der Waals surface area contributed by atoms with Crippen LogP contribution in [0, 0.1) is 0 Å². The van der Waals surface area contributed by atoms with Gasteiger partial charge >= 0.3 is 12.3 Å². The number of ether oxygens (including phenoxy) is 7. The molecule has 0 bridgehead atoms. The van der Waals surface area contributed by atoms with Gasteiger partial charge in [0.2, 0.25) is 29.1 Å². The number of rotatable bonds is 23. The number of carbonyl (C=O) groups is 2. The molecule has 3 aliphatic carbocycles. The van der Waals surface area contributed by atoms with Crippen molar-refractivity contribution in [2.24, 2.45) is 0 Å². The lowest BCUT2D eigenvalue weighted by Gasteiger charge is -2.23. The molecule has 6 aromatic heterocycles. The Bertz CT molecular complexity index is 6610. The summed E-state index contributed by atoms with van der Waals surface area (Å²) in [5.74, 6) is 10.2. The Labute approximate surface area is 897 Å². The minimum atomic E-state index is -3.22. The highest BCUT2D eigenvalue weighted by atomic mass is 79.9. The summed E-state index contributed by atoms with van der Waals surface area (Å²) >= 11 is 26.8. The van der Waals surface area contributed by atoms with E-state index in [1.54, 1.807) is 67.2 Å². The number of para-hydroxylation sites is 5. The van der Waals surface area contributed by atoms with Crippen molar-refractivity contribution in [1.29, 1.82) is 0 Å². The van der Waals surface area contributed by atoms with Crippen molar-refractivity contribution in [2.45, 2.75) is 161 Å². The highest BCUT2D eigenvalue weighted by Crippen LogP contribution is 2.61. The number of aromatic amines is 3. The van der Waals surface area contributed by atoms with E-state index >= 15 is 0 Å². The number of pyridine rings is 3. The molecule has 0 spiro atoms. The molecule has 7 N–H and O–H groups in total. The largest absolute Gasteiger partial charge is 0.496 e. The standard InChI is InChI=1S/C15H18ClN3.C15H19N3O.C13H13NO2.2C12H15NO2.C12H11NO2.C11H9BrN2O.C7H7BrO.C6H8BNO3.C5H12.CH4.Cl3OP.ClH/c1-3-8-19(2)11-6-7-13-12(9-11)14(16)18-15(17-13)10-4-5-10;1-3-8-18(2)11-6-7-13-12(9-11)15(19)17-14(16-13)10-4-5-10;1-15-12-6-4-3-5-11(12)10-7-8-14-13(9-10)16-2;3*1-15-11-5-3-2-4-10(11)9-6-7-13-12(14)8-9;12-7-3-4-9-8(5-7)11(15)14-10(13-9)6-1-2-6;1-9-7-5-3-2-4-6(7)8;1-11-6-4-5(7(9)10)2-3-8-6;1-3-5-4-2;;1-5(2,3)4;/h6-7,9-10H,3-5,8H2,1-2H3;6-7,9-10H,3-5,8H2,1-2H3,(H,16,17,19);3-9H,1-2H3;2*2-5,9H,6-8H2,1H3,(H,13,14);2-8H,1H3,(H,13,14);3-6H,1-2H2,(H,13,14,15);2-5H,1H3;2-4,9-10H,1H3;3-5H2,1-2H3;1H4;;1H. The number of amides is 2. The summed E-state index contributed by atoms with van der Waals surface area (Å²) in [6.45, 7) is 12.3. The molecule has 2 atom stereocenters. The molecular weight excluding hydrogens is 2110 g/mol. The smallest absolute Gasteiger partial charge is 0.488 e. The number of hydrogen-bond acceptors (Lipinski definition) is 23. The number of unbranched alkanes of at least 4 members (excludes halogenated alkanes) is 2. The van der Waals surface area contributed by atoms with Gasteiger partial charge in [-0.1, -0.05) is 167 Å². The van der Waals surface area contributed by atoms with Gasteiger partial charge in [-0.15, -0.1) is 12.4 Å². The van der Waals surface area contributed by atoms with E-state index in [0.29, 0.717) is 75.6 Å². The summed E-state index contributed by atoms with van der Waals surface area (Å²) in [7, 11) is 14.0. The fourth-order valence-corrected chi connectivity index (χ4v) is 16.3. The number of hydrogen-bond donors (Lipinski definition) is 7. The number of fused-ring (bicyclic) bond motifs is 3. The van der Waals surface area contributed by atoms with Crippen LogP contribution in [0.1, 0.15) is 190 Å². The summed E-state index contributed by atoms with van der Waals surface area (Å²) < 4.78 is 47.4. The first-order chi connectivity index (χ1) is 69.4. The molecule has 5 fully saturated rings. The minimum absolute atomic E-state index is 0. The monoisotopic (exact) mass is 2240 g/mol. The zero-order valence-electron chi connectivity index (χ0n) is 83.7. The second-order valence-electron chi connectivity index (χ2n) is 33.9. The fourth-order valence-electron chi connectivity index (χ4n) is 15.2. The van der Waals surface area contributed by atoms with E-state index in [4.69, 9.17) is 54.8 Å². The summed E-state index contributed by atoms with van der Waals surface area (Å²) in [6.07, 6.45) is 21.2. The number of nitrogens with zero attached hydrogens (tertiary/aromatic N) is 8. The van der Waals surface area contributed by atoms with Gasteiger partial charge in [-0.05, 0) is 263 Å². The molecule has 3 saturated carbocycles. The Morgan fingerprint density at radius 2 is 0.856 bits per heavy atom. The number of carbonyl (C=O) groups excluding carboxylic acids is 2. The van der Waals surface area contributed by atoms with Crippen LogP contribution >= 0.6 is 94.8 Å². The van der Waals surface area contributed by atoms with Crippen LogP contribution in [0.25, 0.3) is 55.0 Å². The predicted molar refractivity (Wildman–Crippen MR) is 603 cm³/mol. The summed E-state index contributed by atoms with van der Waals surface area (Å²) in [6, 6.07) is 67.0. The Hall–Kier alpha value is -11.6. The van der Waals surface area contributed by atoms with Gasteiger partial charge in [0.25, 0.3) is 11.1 Å². The fraction of sp³-hybridized carbons (Fsp3) is 0.349. The molecule has 14 aromatic rings. The van der Waals surface area contributed by atoms with E-state index in [0.717, 1.165) is 194 Å². The molecule has 8 heterocycles. The summed E-state index contributed by atoms with van der Waals surface area (Å²) in [5, 5.41) is 22.8. The lowest BCUT2D eigenvalue weighted by molar-refractivity contribution is -0.123. The quantitative estimate of drug-likeness (QED) is 0.0178. The minimum Gasteiger partial charge on any atom is -0.496 e. The molecule has 8 aromatic carbocycles. The Kier molecular flexibility index (Phi) is 52.5. The third kappa shape index (κ3) is 39.9. The zero-order chi connectivity index (χ0) is 104. The van der Waals surface area contributed by atoms with Crippen LogP contribution in [0.5, 0.6) is 40.5 Å². The van der Waals surface area contributed by atoms with Crippen molar-refractivity contribution in [3.8, 4) is 62.8 Å². The van der Waals surface area contributed by atoms with Crippen molar-refractivity contribution in [2.75, 3.05) is 99.8 Å². The van der Waals surface area contributed by atoms with E-state index < -0.39 is 12.3 Å². The van der Waals surface area contributed by atoms with Crippen LogP contribution in [-0.2, 0) is 14.2 Å². The number of aromatic nitrogens is 9. The third-order valence-corrected chi connectivity index (χ3v) is 24.6. The molecule has 28 nitrogen and oxygen atoms in total. The first-order valence-corrected chi connectivity index (χ1v) is 54.0. The van der Waals surface area contributed by atoms with Crippen molar-refractivity contribution >= 4 is 163 Å². The molecule has 2 saturated heterocycles. The van der Waals surface area contributed by atoms with E-state index in [1.807, 2.05) is 177 Å². The molecule has 19 rings (SSSR count). The summed E-state index contributed by atoms with van der Waals surface area (Å²) in [5.41, 5.74) is 11.1. The van der Waals surface area contributed by atoms with Gasteiger partial charge in [-0.2, -0.15) is 0 Å². The third-order valence-electron chi connectivity index (χ3n) is 23.1. The SMILES string of the molecule is C.CCCCC.CCCN(C)c1ccc2nc(C3CC3)[nH]c(=O)c2c1.CCCN(C)c1ccc2nc(C3CC3)nc(Cl)c2c1.COc1cc(-c2ccccc2OC)ccn1.COc1cc(B(O)O)ccn1.COc1ccccc1-c1cc[nH]c(=O)c1.COc1ccccc1Br.COc1ccccc1C1CCNC(=O)C1.COc1ccccc1C1CCNC(=O)C1.Cl.O=P(Cl)(Cl)Cl.O=c1[nH]c(C2CC2)nc2ccc(Br)cc12. The maximum atomic E-state index is 12.2. The van der Waals surface area contributed by atoms with Crippen molar-refractivity contribution in [1.82, 2.24) is 55.5 Å². The lowest BCUT2D eigenvalue weighted by Crippen LogP contribution is -2.32. The lowest BCUT2D eigenvalue weighted by atomic mass is 9.81. The summed E-state index contributed by atoms with van der Waals surface area (Å²) in [4.78, 5) is 96.4. The van der Waals surface area contributed by atoms with Gasteiger partial charge in [0.15, 0.2) is 0 Å². The van der Waals surface area contributed by atoms with Crippen LogP contribution in [-0.4, -0.2) is 164 Å². The van der Waals surface area contributed by atoms with Gasteiger partial charge in [0.1, 0.15) is 51.4 Å². The molecule has 37 heteroatoms. The van der Waals surface area contributed by atoms with E-state index in [2.05, 4.69) is 184 Å². The van der Waals surface area contributed by atoms with E-state index in [1.165, 1.54) is 63.2 Å². The molecular formula is C109H132BBr2Cl5N13O15P. The number of anilines is 2. The first-order valence-electron chi connectivity index (χ1n) is 47.6. The van der Waals surface area contributed by atoms with Gasteiger partial charge in [0, 0.05) is 140 Å². The Morgan fingerprint density at radius 3 is 1.27 bits per heavy atom. The molecule has 2 unspecified atom stereocenters. The average Bonchev–Trinajstić information content (AvgIpc) is 1.54. The van der Waals surface area contributed by atoms with Crippen LogP contribution in [0.3, 0.4) is 0 Å². The molecule has 146 heavy (non-hydrogen) atoms. The topological polar surface area (TPSA) is 363 Å².